The van der Waals surface area contributed by atoms with Gasteiger partial charge in [0.25, 0.3) is 5.56 Å². The number of aromatic nitrogens is 2. The predicted octanol–water partition coefficient (Wildman–Crippen LogP) is 3.25. The summed E-state index contributed by atoms with van der Waals surface area (Å²) in [5, 5.41) is 2.99. The van der Waals surface area contributed by atoms with Gasteiger partial charge in [0.2, 0.25) is 11.9 Å². The van der Waals surface area contributed by atoms with Gasteiger partial charge in [-0.1, -0.05) is 26.0 Å². The average molecular weight is 452 g/mol. The van der Waals surface area contributed by atoms with Crippen LogP contribution in [0.4, 0.5) is 19.1 Å². The highest BCUT2D eigenvalue weighted by Crippen LogP contribution is 2.29. The van der Waals surface area contributed by atoms with Crippen molar-refractivity contribution in [1.29, 1.82) is 0 Å². The third-order valence-corrected chi connectivity index (χ3v) is 5.53. The molecule has 0 saturated heterocycles. The Morgan fingerprint density at radius 1 is 1.25 bits per heavy atom. The zero-order chi connectivity index (χ0) is 23.5. The minimum atomic E-state index is -4.40. The Labute approximate surface area is 184 Å². The van der Waals surface area contributed by atoms with Crippen molar-refractivity contribution in [3.05, 3.63) is 57.0 Å². The lowest BCUT2D eigenvalue weighted by Crippen LogP contribution is -2.44. The summed E-state index contributed by atoms with van der Waals surface area (Å²) in [6.45, 7) is 6.56. The van der Waals surface area contributed by atoms with Crippen LogP contribution in [-0.2, 0) is 30.5 Å². The molecular formula is C22H27F3N4O3. The van der Waals surface area contributed by atoms with Crippen molar-refractivity contribution >= 4 is 11.9 Å². The molecule has 1 unspecified atom stereocenters. The van der Waals surface area contributed by atoms with Gasteiger partial charge in [-0.2, -0.15) is 13.2 Å². The van der Waals surface area contributed by atoms with E-state index in [-0.39, 0.29) is 37.5 Å². The fourth-order valence-corrected chi connectivity index (χ4v) is 3.49. The normalized spacial score (nSPS) is 14.6. The fraction of sp³-hybridized carbons (Fsp3) is 0.500. The Morgan fingerprint density at radius 3 is 2.53 bits per heavy atom. The van der Waals surface area contributed by atoms with Crippen molar-refractivity contribution in [1.82, 2.24) is 14.6 Å². The van der Waals surface area contributed by atoms with Gasteiger partial charge < -0.3 is 15.1 Å². The van der Waals surface area contributed by atoms with Gasteiger partial charge in [0.15, 0.2) is 0 Å². The van der Waals surface area contributed by atoms with Crippen molar-refractivity contribution in [2.45, 2.75) is 52.9 Å². The summed E-state index contributed by atoms with van der Waals surface area (Å²) in [6.07, 6.45) is -3.24. The van der Waals surface area contributed by atoms with Crippen LogP contribution in [0, 0.1) is 5.92 Å². The topological polar surface area (TPSA) is 76.5 Å². The largest absolute Gasteiger partial charge is 0.416 e. The quantitative estimate of drug-likeness (QED) is 0.698. The third kappa shape index (κ3) is 5.05. The molecule has 0 saturated carbocycles. The van der Waals surface area contributed by atoms with Gasteiger partial charge in [-0.05, 0) is 31.0 Å². The lowest BCUT2D eigenvalue weighted by molar-refractivity contribution is -0.137. The fourth-order valence-electron chi connectivity index (χ4n) is 3.49. The third-order valence-electron chi connectivity index (χ3n) is 5.53. The molecule has 2 aromatic rings. The monoisotopic (exact) mass is 452 g/mol. The maximum atomic E-state index is 13.1. The number of anilines is 1. The summed E-state index contributed by atoms with van der Waals surface area (Å²) in [4.78, 5) is 37.3. The van der Waals surface area contributed by atoms with Gasteiger partial charge >= 0.3 is 6.18 Å². The number of nitrogens with zero attached hydrogens (tertiary/aromatic N) is 3. The van der Waals surface area contributed by atoms with Gasteiger partial charge in [-0.15, -0.1) is 4.73 Å². The Morgan fingerprint density at radius 2 is 1.94 bits per heavy atom. The molecule has 0 spiro atoms. The number of hydrogen-bond acceptors (Lipinski definition) is 5. The lowest BCUT2D eigenvalue weighted by Gasteiger charge is -2.30. The van der Waals surface area contributed by atoms with Gasteiger partial charge in [0.05, 0.1) is 23.4 Å². The number of carbonyl (C=O) groups excluding carboxylic acids is 1. The van der Waals surface area contributed by atoms with E-state index in [9.17, 15) is 22.8 Å². The van der Waals surface area contributed by atoms with E-state index in [1.807, 2.05) is 13.8 Å². The smallest absolute Gasteiger partial charge is 0.408 e. The molecule has 1 atom stereocenters. The Balaban J connectivity index is 1.83. The van der Waals surface area contributed by atoms with E-state index in [4.69, 9.17) is 4.84 Å². The van der Waals surface area contributed by atoms with Gasteiger partial charge in [-0.3, -0.25) is 9.59 Å². The predicted molar refractivity (Wildman–Crippen MR) is 113 cm³/mol. The first-order chi connectivity index (χ1) is 15.2. The van der Waals surface area contributed by atoms with Gasteiger partial charge in [0.1, 0.15) is 6.61 Å². The molecule has 7 nitrogen and oxygen atoms in total. The highest BCUT2D eigenvalue weighted by atomic mass is 19.4. The van der Waals surface area contributed by atoms with Crippen LogP contribution in [0.5, 0.6) is 0 Å². The van der Waals surface area contributed by atoms with E-state index in [2.05, 4.69) is 10.3 Å². The number of nitrogens with one attached hydrogen (secondary N) is 1. The molecule has 0 fully saturated rings. The van der Waals surface area contributed by atoms with E-state index >= 15 is 0 Å². The maximum absolute atomic E-state index is 13.1. The Hall–Kier alpha value is -3.04. The molecule has 1 amide bonds. The van der Waals surface area contributed by atoms with Crippen molar-refractivity contribution in [2.75, 3.05) is 18.5 Å². The van der Waals surface area contributed by atoms with Crippen LogP contribution in [-0.4, -0.2) is 33.7 Å². The Kier molecular flexibility index (Phi) is 7.10. The zero-order valence-electron chi connectivity index (χ0n) is 18.3. The van der Waals surface area contributed by atoms with Crippen LogP contribution in [0.25, 0.3) is 0 Å². The van der Waals surface area contributed by atoms with Crippen molar-refractivity contribution < 1.29 is 22.8 Å². The second-order valence-corrected chi connectivity index (χ2v) is 7.75. The number of amides is 1. The average Bonchev–Trinajstić information content (AvgIpc) is 2.78. The van der Waals surface area contributed by atoms with Crippen LogP contribution < -0.4 is 15.7 Å². The first kappa shape index (κ1) is 23.6. The number of fused-ring (bicyclic) bond motifs is 1. The first-order valence-electron chi connectivity index (χ1n) is 10.6. The second-order valence-electron chi connectivity index (χ2n) is 7.75. The van der Waals surface area contributed by atoms with E-state index in [1.54, 1.807) is 11.8 Å². The van der Waals surface area contributed by atoms with Crippen LogP contribution in [0.1, 0.15) is 49.6 Å². The molecular weight excluding hydrogens is 425 g/mol. The molecule has 174 valence electrons. The number of halogens is 3. The highest BCUT2D eigenvalue weighted by molar-refractivity contribution is 5.78. The highest BCUT2D eigenvalue weighted by Gasteiger charge is 2.30. The summed E-state index contributed by atoms with van der Waals surface area (Å²) in [7, 11) is 0. The van der Waals surface area contributed by atoms with Crippen molar-refractivity contribution in [3.8, 4) is 0 Å². The molecule has 1 N–H and O–H groups in total. The summed E-state index contributed by atoms with van der Waals surface area (Å²) in [5.41, 5.74) is 0.484. The SMILES string of the molecule is CCOn1c(NCc2ccc(C(F)(F)F)cc2)nc2c(c1=O)CN(C(=O)C(C)CC)CC2. The second kappa shape index (κ2) is 9.62. The van der Waals surface area contributed by atoms with Crippen LogP contribution >= 0.6 is 0 Å². The molecule has 1 aromatic carbocycles. The molecule has 1 aliphatic heterocycles. The standard InChI is InChI=1S/C22H27F3N4O3/c1-4-14(3)19(30)28-11-10-18-17(13-28)20(31)29(32-5-2)21(27-18)26-12-15-6-8-16(9-7-15)22(23,24)25/h6-9,14H,4-5,10-13H2,1-3H3,(H,26,27). The van der Waals surface area contributed by atoms with E-state index < -0.39 is 17.3 Å². The molecule has 0 radical (unpaired) electrons. The van der Waals surface area contributed by atoms with Gasteiger partial charge in [0, 0.05) is 25.4 Å². The van der Waals surface area contributed by atoms with E-state index in [1.165, 1.54) is 12.1 Å². The number of carbonyl (C=O) groups is 1. The Bertz CT molecular complexity index is 1020. The number of alkyl halides is 3. The van der Waals surface area contributed by atoms with E-state index in [0.717, 1.165) is 23.3 Å². The molecule has 2 heterocycles. The maximum Gasteiger partial charge on any atom is 0.416 e. The molecule has 0 bridgehead atoms. The molecule has 1 aromatic heterocycles. The van der Waals surface area contributed by atoms with Crippen LogP contribution in [0.15, 0.2) is 29.1 Å². The lowest BCUT2D eigenvalue weighted by atomic mass is 10.0. The first-order valence-corrected chi connectivity index (χ1v) is 10.6. The van der Waals surface area contributed by atoms with Crippen LogP contribution in [0.3, 0.4) is 0 Å². The minimum absolute atomic E-state index is 0.00464. The van der Waals surface area contributed by atoms with Crippen molar-refractivity contribution in [2.24, 2.45) is 5.92 Å². The van der Waals surface area contributed by atoms with Crippen LogP contribution in [0.2, 0.25) is 0 Å². The zero-order valence-corrected chi connectivity index (χ0v) is 18.3. The van der Waals surface area contributed by atoms with E-state index in [0.29, 0.717) is 29.8 Å². The van der Waals surface area contributed by atoms with Gasteiger partial charge in [-0.25, -0.2) is 4.98 Å². The molecule has 1 aliphatic rings. The molecule has 10 heteroatoms. The number of rotatable bonds is 7. The van der Waals surface area contributed by atoms with Crippen molar-refractivity contribution in [3.63, 3.8) is 0 Å². The molecule has 3 rings (SSSR count). The summed E-state index contributed by atoms with van der Waals surface area (Å²) >= 11 is 0. The number of hydrogen-bond donors (Lipinski definition) is 1. The molecule has 0 aliphatic carbocycles. The number of benzene rings is 1. The summed E-state index contributed by atoms with van der Waals surface area (Å²) in [6, 6.07) is 4.76. The summed E-state index contributed by atoms with van der Waals surface area (Å²) in [5.74, 6) is 0.0607. The minimum Gasteiger partial charge on any atom is -0.408 e. The summed E-state index contributed by atoms with van der Waals surface area (Å²) < 4.78 is 39.3. The molecule has 32 heavy (non-hydrogen) atoms.